The van der Waals surface area contributed by atoms with Gasteiger partial charge in [-0.15, -0.1) is 0 Å². The summed E-state index contributed by atoms with van der Waals surface area (Å²) in [6.45, 7) is 1.66. The van der Waals surface area contributed by atoms with Crippen LogP contribution >= 0.6 is 0 Å². The average Bonchev–Trinajstić information content (AvgIpc) is 2.38. The van der Waals surface area contributed by atoms with Crippen LogP contribution in [0.5, 0.6) is 5.75 Å². The second-order valence-corrected chi connectivity index (χ2v) is 4.28. The van der Waals surface area contributed by atoms with Crippen molar-refractivity contribution in [3.8, 4) is 5.75 Å². The summed E-state index contributed by atoms with van der Waals surface area (Å²) in [5.74, 6) is 0.0243. The second-order valence-electron chi connectivity index (χ2n) is 4.28. The number of carbonyl (C=O) groups excluding carboxylic acids is 2. The molecule has 2 rings (SSSR count). The lowest BCUT2D eigenvalue weighted by molar-refractivity contribution is -0.118. The third-order valence-corrected chi connectivity index (χ3v) is 2.85. The Bertz CT molecular complexity index is 634. The Morgan fingerprint density at radius 1 is 1.16 bits per heavy atom. The highest BCUT2D eigenvalue weighted by atomic mass is 16.5. The van der Waals surface area contributed by atoms with Crippen LogP contribution in [0.1, 0.15) is 23.7 Å². The topological polar surface area (TPSA) is 69.4 Å². The van der Waals surface area contributed by atoms with E-state index in [1.165, 1.54) is 6.92 Å². The largest absolute Gasteiger partial charge is 0.492 e. The number of nitrogens with two attached hydrogens (primary N) is 1. The van der Waals surface area contributed by atoms with Crippen LogP contribution in [0.2, 0.25) is 0 Å². The fourth-order valence-corrected chi connectivity index (χ4v) is 1.93. The molecule has 0 aromatic heterocycles. The van der Waals surface area contributed by atoms with Crippen molar-refractivity contribution >= 4 is 22.5 Å². The number of primary amides is 1. The predicted octanol–water partition coefficient (Wildman–Crippen LogP) is 2.30. The Hall–Kier alpha value is -2.36. The number of ether oxygens (including phenoxy) is 1. The SMILES string of the molecule is CC(=O)c1ccc2ccccc2c1OCCC(N)=O. The van der Waals surface area contributed by atoms with Crippen molar-refractivity contribution < 1.29 is 14.3 Å². The predicted molar refractivity (Wildman–Crippen MR) is 73.3 cm³/mol. The van der Waals surface area contributed by atoms with Crippen molar-refractivity contribution in [2.75, 3.05) is 6.61 Å². The third-order valence-electron chi connectivity index (χ3n) is 2.85. The van der Waals surface area contributed by atoms with Gasteiger partial charge in [-0.25, -0.2) is 0 Å². The minimum atomic E-state index is -0.426. The van der Waals surface area contributed by atoms with E-state index in [-0.39, 0.29) is 18.8 Å². The van der Waals surface area contributed by atoms with E-state index in [9.17, 15) is 9.59 Å². The first-order valence-electron chi connectivity index (χ1n) is 6.03. The number of rotatable bonds is 5. The van der Waals surface area contributed by atoms with Gasteiger partial charge in [-0.3, -0.25) is 9.59 Å². The van der Waals surface area contributed by atoms with E-state index in [0.717, 1.165) is 10.8 Å². The quantitative estimate of drug-likeness (QED) is 0.835. The Balaban J connectivity index is 2.43. The summed E-state index contributed by atoms with van der Waals surface area (Å²) < 4.78 is 5.60. The van der Waals surface area contributed by atoms with Crippen LogP contribution < -0.4 is 10.5 Å². The number of carbonyl (C=O) groups is 2. The van der Waals surface area contributed by atoms with E-state index >= 15 is 0 Å². The minimum Gasteiger partial charge on any atom is -0.492 e. The number of hydrogen-bond acceptors (Lipinski definition) is 3. The highest BCUT2D eigenvalue weighted by molar-refractivity contribution is 6.03. The molecule has 0 spiro atoms. The lowest BCUT2D eigenvalue weighted by atomic mass is 10.0. The first-order chi connectivity index (χ1) is 9.09. The molecule has 0 unspecified atom stereocenters. The maximum absolute atomic E-state index is 11.6. The van der Waals surface area contributed by atoms with Crippen LogP contribution in [-0.4, -0.2) is 18.3 Å². The molecule has 0 saturated carbocycles. The molecular formula is C15H15NO3. The number of hydrogen-bond donors (Lipinski definition) is 1. The summed E-state index contributed by atoms with van der Waals surface area (Å²) in [5.41, 5.74) is 5.60. The fraction of sp³-hybridized carbons (Fsp3) is 0.200. The van der Waals surface area contributed by atoms with Gasteiger partial charge in [0.1, 0.15) is 5.75 Å². The Morgan fingerprint density at radius 3 is 2.58 bits per heavy atom. The molecule has 0 aliphatic rings. The number of amides is 1. The van der Waals surface area contributed by atoms with Crippen molar-refractivity contribution in [3.05, 3.63) is 42.0 Å². The summed E-state index contributed by atoms with van der Waals surface area (Å²) >= 11 is 0. The van der Waals surface area contributed by atoms with Crippen LogP contribution in [0.25, 0.3) is 10.8 Å². The molecule has 0 atom stereocenters. The van der Waals surface area contributed by atoms with Gasteiger partial charge >= 0.3 is 0 Å². The van der Waals surface area contributed by atoms with Gasteiger partial charge in [0.2, 0.25) is 5.91 Å². The van der Waals surface area contributed by atoms with Gasteiger partial charge in [0.05, 0.1) is 18.6 Å². The molecule has 0 fully saturated rings. The number of fused-ring (bicyclic) bond motifs is 1. The van der Waals surface area contributed by atoms with Crippen LogP contribution in [0.3, 0.4) is 0 Å². The summed E-state index contributed by atoms with van der Waals surface area (Å²) in [6, 6.07) is 11.3. The van der Waals surface area contributed by atoms with E-state index in [4.69, 9.17) is 10.5 Å². The first kappa shape index (κ1) is 13.1. The van der Waals surface area contributed by atoms with Gasteiger partial charge in [0.25, 0.3) is 0 Å². The summed E-state index contributed by atoms with van der Waals surface area (Å²) in [5, 5.41) is 1.85. The van der Waals surface area contributed by atoms with E-state index in [2.05, 4.69) is 0 Å². The lowest BCUT2D eigenvalue weighted by Gasteiger charge is -2.12. The smallest absolute Gasteiger partial charge is 0.220 e. The molecule has 4 nitrogen and oxygen atoms in total. The highest BCUT2D eigenvalue weighted by Gasteiger charge is 2.12. The van der Waals surface area contributed by atoms with Crippen molar-refractivity contribution in [1.29, 1.82) is 0 Å². The van der Waals surface area contributed by atoms with Gasteiger partial charge in [-0.1, -0.05) is 30.3 Å². The van der Waals surface area contributed by atoms with Gasteiger partial charge in [0, 0.05) is 5.39 Å². The molecule has 0 aliphatic heterocycles. The molecule has 0 heterocycles. The summed E-state index contributed by atoms with van der Waals surface area (Å²) in [4.78, 5) is 22.4. The number of benzene rings is 2. The van der Waals surface area contributed by atoms with Gasteiger partial charge in [0.15, 0.2) is 5.78 Å². The van der Waals surface area contributed by atoms with Crippen molar-refractivity contribution in [2.45, 2.75) is 13.3 Å². The monoisotopic (exact) mass is 257 g/mol. The fourth-order valence-electron chi connectivity index (χ4n) is 1.93. The van der Waals surface area contributed by atoms with Crippen molar-refractivity contribution in [1.82, 2.24) is 0 Å². The zero-order valence-corrected chi connectivity index (χ0v) is 10.7. The zero-order valence-electron chi connectivity index (χ0n) is 10.7. The van der Waals surface area contributed by atoms with Crippen LogP contribution in [0, 0.1) is 0 Å². The van der Waals surface area contributed by atoms with E-state index < -0.39 is 5.91 Å². The van der Waals surface area contributed by atoms with Gasteiger partial charge < -0.3 is 10.5 Å². The minimum absolute atomic E-state index is 0.0696. The maximum Gasteiger partial charge on any atom is 0.220 e. The zero-order chi connectivity index (χ0) is 13.8. The molecule has 0 aliphatic carbocycles. The Labute approximate surface area is 111 Å². The summed E-state index contributed by atoms with van der Waals surface area (Å²) in [7, 11) is 0. The molecule has 1 amide bonds. The maximum atomic E-state index is 11.6. The van der Waals surface area contributed by atoms with Gasteiger partial charge in [-0.05, 0) is 18.4 Å². The molecule has 19 heavy (non-hydrogen) atoms. The number of Topliss-reactive ketones (excluding diaryl/α,β-unsaturated/α-hetero) is 1. The van der Waals surface area contributed by atoms with Crippen molar-refractivity contribution in [3.63, 3.8) is 0 Å². The standard InChI is InChI=1S/C15H15NO3/c1-10(17)12-7-6-11-4-2-3-5-13(11)15(12)19-9-8-14(16)18/h2-7H,8-9H2,1H3,(H2,16,18). The van der Waals surface area contributed by atoms with Crippen LogP contribution in [0.4, 0.5) is 0 Å². The van der Waals surface area contributed by atoms with Crippen molar-refractivity contribution in [2.24, 2.45) is 5.73 Å². The third kappa shape index (κ3) is 2.91. The average molecular weight is 257 g/mol. The highest BCUT2D eigenvalue weighted by Crippen LogP contribution is 2.30. The first-order valence-corrected chi connectivity index (χ1v) is 6.03. The molecule has 0 bridgehead atoms. The Morgan fingerprint density at radius 2 is 1.89 bits per heavy atom. The molecule has 4 heteroatoms. The molecule has 2 aromatic carbocycles. The molecule has 98 valence electrons. The summed E-state index contributed by atoms with van der Waals surface area (Å²) in [6.07, 6.45) is 0.126. The van der Waals surface area contributed by atoms with Crippen LogP contribution in [0.15, 0.2) is 36.4 Å². The Kier molecular flexibility index (Phi) is 3.80. The number of ketones is 1. The molecular weight excluding hydrogens is 242 g/mol. The van der Waals surface area contributed by atoms with E-state index in [1.807, 2.05) is 30.3 Å². The van der Waals surface area contributed by atoms with Crippen LogP contribution in [-0.2, 0) is 4.79 Å². The van der Waals surface area contributed by atoms with Gasteiger partial charge in [-0.2, -0.15) is 0 Å². The van der Waals surface area contributed by atoms with E-state index in [0.29, 0.717) is 11.3 Å². The lowest BCUT2D eigenvalue weighted by Crippen LogP contribution is -2.15. The molecule has 2 aromatic rings. The normalized spacial score (nSPS) is 10.4. The molecule has 0 saturated heterocycles. The molecule has 2 N–H and O–H groups in total. The van der Waals surface area contributed by atoms with E-state index in [1.54, 1.807) is 6.07 Å². The molecule has 0 radical (unpaired) electrons. The second kappa shape index (κ2) is 5.52.